The van der Waals surface area contributed by atoms with E-state index in [1.54, 1.807) is 11.1 Å². The van der Waals surface area contributed by atoms with Crippen LogP contribution in [-0.4, -0.2) is 0 Å². The molecular formula is C5H7Cu. The van der Waals surface area contributed by atoms with E-state index in [9.17, 15) is 0 Å². The fourth-order valence-corrected chi connectivity index (χ4v) is 0.249. The van der Waals surface area contributed by atoms with Gasteiger partial charge in [0, 0.05) is 0 Å². The van der Waals surface area contributed by atoms with Crippen molar-refractivity contribution in [3.05, 3.63) is 23.2 Å². The summed E-state index contributed by atoms with van der Waals surface area (Å²) in [6, 6.07) is 0. The molecule has 0 fully saturated rings. The fourth-order valence-electron chi connectivity index (χ4n) is 0.145. The van der Waals surface area contributed by atoms with Crippen LogP contribution in [0.2, 0.25) is 0 Å². The van der Waals surface area contributed by atoms with Crippen molar-refractivity contribution >= 4 is 0 Å². The molecule has 0 heterocycles. The summed E-state index contributed by atoms with van der Waals surface area (Å²) in [6.45, 7) is 1.95. The quantitative estimate of drug-likeness (QED) is 0.374. The molecule has 0 saturated carbocycles. The Hall–Kier alpha value is -0.000519. The molecule has 0 spiro atoms. The molecule has 0 aliphatic heterocycles. The molecule has 0 bridgehead atoms. The predicted octanol–water partition coefficient (Wildman–Crippen LogP) is 1.62. The van der Waals surface area contributed by atoms with Crippen molar-refractivity contribution in [2.24, 2.45) is 0 Å². The topological polar surface area (TPSA) is 0 Å². The average molecular weight is 131 g/mol. The van der Waals surface area contributed by atoms with Gasteiger partial charge >= 0.3 is 46.1 Å². The Labute approximate surface area is 46.8 Å². The molecule has 1 heteroatoms. The third-order valence-corrected chi connectivity index (χ3v) is 0.543. The van der Waals surface area contributed by atoms with Crippen LogP contribution in [-0.2, 0) is 16.0 Å². The Balaban J connectivity index is 3.07. The van der Waals surface area contributed by atoms with Gasteiger partial charge in [-0.15, -0.1) is 0 Å². The molecule has 0 atom stereocenters. The average Bonchev–Trinajstić information content (AvgIpc) is 1.61. The third-order valence-electron chi connectivity index (χ3n) is 0.362. The number of hydrogen-bond donors (Lipinski definition) is 0. The Kier molecular flexibility index (Phi) is 5.00. The van der Waals surface area contributed by atoms with E-state index in [4.69, 9.17) is 0 Å². The van der Waals surface area contributed by atoms with Crippen molar-refractivity contribution in [3.63, 3.8) is 0 Å². The SMILES string of the molecule is CC=CC=[CH][Cu]. The first kappa shape index (κ1) is 6.00. The molecule has 0 rings (SSSR count). The number of rotatable bonds is 1. The summed E-state index contributed by atoms with van der Waals surface area (Å²) in [6.07, 6.45) is 5.63. The summed E-state index contributed by atoms with van der Waals surface area (Å²) in [4.78, 5) is 1.56. The summed E-state index contributed by atoms with van der Waals surface area (Å²) < 4.78 is 0. The van der Waals surface area contributed by atoms with Crippen LogP contribution < -0.4 is 0 Å². The molecule has 0 aromatic heterocycles. The van der Waals surface area contributed by atoms with Crippen LogP contribution in [0.25, 0.3) is 0 Å². The molecule has 38 valence electrons. The Morgan fingerprint density at radius 1 is 1.33 bits per heavy atom. The molecular weight excluding hydrogens is 124 g/mol. The van der Waals surface area contributed by atoms with Crippen LogP contribution in [0.15, 0.2) is 23.2 Å². The van der Waals surface area contributed by atoms with Crippen LogP contribution in [0.1, 0.15) is 6.92 Å². The van der Waals surface area contributed by atoms with E-state index in [2.05, 4.69) is 16.0 Å². The van der Waals surface area contributed by atoms with E-state index in [0.29, 0.717) is 0 Å². The second kappa shape index (κ2) is 5.00. The van der Waals surface area contributed by atoms with Crippen LogP contribution >= 0.6 is 0 Å². The number of allylic oxidation sites excluding steroid dienone is 3. The maximum atomic E-state index is 4.61. The molecule has 6 heavy (non-hydrogen) atoms. The van der Waals surface area contributed by atoms with Gasteiger partial charge in [0.2, 0.25) is 0 Å². The summed E-state index contributed by atoms with van der Waals surface area (Å²) in [5, 5.41) is 0. The monoisotopic (exact) mass is 130 g/mol. The van der Waals surface area contributed by atoms with Crippen molar-refractivity contribution in [1.29, 1.82) is 0 Å². The van der Waals surface area contributed by atoms with Gasteiger partial charge in [0.05, 0.1) is 0 Å². The van der Waals surface area contributed by atoms with Gasteiger partial charge in [0.1, 0.15) is 0 Å². The van der Waals surface area contributed by atoms with Gasteiger partial charge in [-0.2, -0.15) is 0 Å². The van der Waals surface area contributed by atoms with Gasteiger partial charge in [-0.25, -0.2) is 0 Å². The third kappa shape index (κ3) is 4.00. The van der Waals surface area contributed by atoms with Gasteiger partial charge in [-0.05, 0) is 0 Å². The zero-order valence-corrected chi connectivity index (χ0v) is 4.55. The van der Waals surface area contributed by atoms with Crippen LogP contribution in [0.4, 0.5) is 0 Å². The van der Waals surface area contributed by atoms with E-state index in [-0.39, 0.29) is 0 Å². The zero-order chi connectivity index (χ0) is 4.83. The molecule has 0 aliphatic rings. The van der Waals surface area contributed by atoms with E-state index in [1.807, 2.05) is 19.1 Å². The summed E-state index contributed by atoms with van der Waals surface area (Å²) in [7, 11) is 0. The van der Waals surface area contributed by atoms with Gasteiger partial charge < -0.3 is 0 Å². The Morgan fingerprint density at radius 2 is 2.00 bits per heavy atom. The van der Waals surface area contributed by atoms with Crippen LogP contribution in [0, 0.1) is 0 Å². The van der Waals surface area contributed by atoms with E-state index < -0.39 is 0 Å². The second-order valence-electron chi connectivity index (χ2n) is 0.819. The van der Waals surface area contributed by atoms with Crippen LogP contribution in [0.3, 0.4) is 0 Å². The first-order chi connectivity index (χ1) is 2.91. The maximum absolute atomic E-state index is 4.61. The van der Waals surface area contributed by atoms with E-state index >= 15 is 0 Å². The van der Waals surface area contributed by atoms with Gasteiger partial charge in [0.15, 0.2) is 0 Å². The molecule has 0 amide bonds. The molecule has 0 aliphatic carbocycles. The van der Waals surface area contributed by atoms with Crippen molar-refractivity contribution in [1.82, 2.24) is 0 Å². The van der Waals surface area contributed by atoms with Gasteiger partial charge in [0.25, 0.3) is 0 Å². The first-order valence-electron chi connectivity index (χ1n) is 1.75. The minimum absolute atomic E-state index is 1.56. The minimum atomic E-state index is 1.56. The van der Waals surface area contributed by atoms with E-state index in [1.165, 1.54) is 0 Å². The van der Waals surface area contributed by atoms with Crippen molar-refractivity contribution in [2.45, 2.75) is 6.92 Å². The normalized spacial score (nSPS) is 11.8. The molecule has 0 nitrogen and oxygen atoms in total. The number of hydrogen-bond acceptors (Lipinski definition) is 0. The summed E-state index contributed by atoms with van der Waals surface area (Å²) in [5.41, 5.74) is 0. The Morgan fingerprint density at radius 3 is 2.17 bits per heavy atom. The molecule has 0 aromatic carbocycles. The first-order valence-corrected chi connectivity index (χ1v) is 2.30. The molecule has 0 N–H and O–H groups in total. The van der Waals surface area contributed by atoms with Crippen molar-refractivity contribution < 1.29 is 16.0 Å². The molecule has 0 saturated heterocycles. The molecule has 0 unspecified atom stereocenters. The summed E-state index contributed by atoms with van der Waals surface area (Å²) >= 11 is 4.61. The van der Waals surface area contributed by atoms with Crippen molar-refractivity contribution in [3.8, 4) is 0 Å². The van der Waals surface area contributed by atoms with E-state index in [0.717, 1.165) is 0 Å². The van der Waals surface area contributed by atoms with Crippen molar-refractivity contribution in [2.75, 3.05) is 0 Å². The van der Waals surface area contributed by atoms with Gasteiger partial charge in [-0.1, -0.05) is 0 Å². The zero-order valence-electron chi connectivity index (χ0n) is 3.61. The van der Waals surface area contributed by atoms with Gasteiger partial charge in [-0.3, -0.25) is 0 Å². The molecule has 0 aromatic rings. The molecule has 0 radical (unpaired) electrons. The fraction of sp³-hybridized carbons (Fsp3) is 0.200. The summed E-state index contributed by atoms with van der Waals surface area (Å²) in [5.74, 6) is 0. The second-order valence-corrected chi connectivity index (χ2v) is 1.13. The van der Waals surface area contributed by atoms with Crippen LogP contribution in [0.5, 0.6) is 0 Å². The Bertz CT molecular complexity index is 52.3. The standard InChI is InChI=1S/C5H7.Cu/c1-3-5-4-2;/h1,3-5H,2H3;. The predicted molar refractivity (Wildman–Crippen MR) is 24.0 cm³/mol.